The van der Waals surface area contributed by atoms with Crippen molar-refractivity contribution in [2.24, 2.45) is 10.1 Å². The van der Waals surface area contributed by atoms with Gasteiger partial charge in [0.1, 0.15) is 0 Å². The number of nitro groups is 1. The lowest BCUT2D eigenvalue weighted by Gasteiger charge is -2.08. The third kappa shape index (κ3) is 4.80. The zero-order valence-electron chi connectivity index (χ0n) is 17.5. The number of nitro benzene ring substituents is 1. The summed E-state index contributed by atoms with van der Waals surface area (Å²) < 4.78 is 1.80. The molecule has 0 bridgehead atoms. The molecule has 0 saturated carbocycles. The van der Waals surface area contributed by atoms with E-state index in [1.165, 1.54) is 34.6 Å². The molecule has 0 N–H and O–H groups in total. The van der Waals surface area contributed by atoms with E-state index in [9.17, 15) is 10.1 Å². The highest BCUT2D eigenvalue weighted by molar-refractivity contribution is 7.07. The summed E-state index contributed by atoms with van der Waals surface area (Å²) in [7, 11) is 0. The van der Waals surface area contributed by atoms with Crippen LogP contribution in [0.4, 0.5) is 5.69 Å². The standard InChI is InChI=1S/C23H24N4O2S/c1-15(2)13-24-23-26(25-18(5)20-7-6-16(3)17(4)12-20)22(14-30-23)19-8-10-21(11-9-19)27(28)29/h6-12,14H,1,13H2,2-5H3. The molecule has 0 atom stereocenters. The van der Waals surface area contributed by atoms with Crippen molar-refractivity contribution in [3.05, 3.63) is 91.6 Å². The number of aromatic nitrogens is 1. The average molecular weight is 421 g/mol. The van der Waals surface area contributed by atoms with Crippen molar-refractivity contribution in [1.82, 2.24) is 4.68 Å². The van der Waals surface area contributed by atoms with E-state index < -0.39 is 4.92 Å². The SMILES string of the molecule is C=C(C)CN=c1scc(-c2ccc([N+](=O)[O-])cc2)n1N=C(C)c1ccc(C)c(C)c1. The predicted molar refractivity (Wildman–Crippen MR) is 123 cm³/mol. The van der Waals surface area contributed by atoms with Crippen LogP contribution < -0.4 is 4.80 Å². The molecule has 0 aliphatic carbocycles. The summed E-state index contributed by atoms with van der Waals surface area (Å²) in [5, 5.41) is 17.8. The Morgan fingerprint density at radius 3 is 2.43 bits per heavy atom. The summed E-state index contributed by atoms with van der Waals surface area (Å²) in [5.41, 5.74) is 7.03. The van der Waals surface area contributed by atoms with E-state index in [1.54, 1.807) is 16.8 Å². The van der Waals surface area contributed by atoms with E-state index in [2.05, 4.69) is 43.6 Å². The monoisotopic (exact) mass is 420 g/mol. The van der Waals surface area contributed by atoms with Crippen molar-refractivity contribution in [3.63, 3.8) is 0 Å². The number of hydrogen-bond donors (Lipinski definition) is 0. The number of nitrogens with zero attached hydrogens (tertiary/aromatic N) is 4. The summed E-state index contributed by atoms with van der Waals surface area (Å²) in [6, 6.07) is 12.7. The lowest BCUT2D eigenvalue weighted by atomic mass is 10.0. The summed E-state index contributed by atoms with van der Waals surface area (Å²) in [6.07, 6.45) is 0. The molecule has 0 fully saturated rings. The quantitative estimate of drug-likeness (QED) is 0.229. The topological polar surface area (TPSA) is 72.8 Å². The minimum atomic E-state index is -0.402. The van der Waals surface area contributed by atoms with E-state index in [0.29, 0.717) is 6.54 Å². The van der Waals surface area contributed by atoms with Crippen molar-refractivity contribution >= 4 is 22.7 Å². The molecule has 0 saturated heterocycles. The Labute approximate surface area is 179 Å². The molecular formula is C23H24N4O2S. The van der Waals surface area contributed by atoms with Crippen LogP contribution in [0.2, 0.25) is 0 Å². The molecule has 2 aromatic carbocycles. The van der Waals surface area contributed by atoms with Crippen molar-refractivity contribution in [2.75, 3.05) is 6.54 Å². The molecule has 1 aromatic heterocycles. The molecule has 6 nitrogen and oxygen atoms in total. The fourth-order valence-electron chi connectivity index (χ4n) is 2.83. The lowest BCUT2D eigenvalue weighted by molar-refractivity contribution is -0.384. The first kappa shape index (κ1) is 21.4. The van der Waals surface area contributed by atoms with E-state index in [1.807, 2.05) is 19.2 Å². The summed E-state index contributed by atoms with van der Waals surface area (Å²) >= 11 is 1.48. The molecule has 0 aliphatic rings. The number of benzene rings is 2. The molecule has 7 heteroatoms. The number of hydrogen-bond acceptors (Lipinski definition) is 5. The second-order valence-electron chi connectivity index (χ2n) is 7.28. The van der Waals surface area contributed by atoms with E-state index >= 15 is 0 Å². The van der Waals surface area contributed by atoms with Gasteiger partial charge in [0, 0.05) is 23.1 Å². The summed E-state index contributed by atoms with van der Waals surface area (Å²) in [6.45, 7) is 12.5. The molecule has 0 radical (unpaired) electrons. The van der Waals surface area contributed by atoms with Crippen LogP contribution in [0, 0.1) is 24.0 Å². The van der Waals surface area contributed by atoms with Gasteiger partial charge >= 0.3 is 0 Å². The Morgan fingerprint density at radius 2 is 1.83 bits per heavy atom. The maximum absolute atomic E-state index is 11.0. The highest BCUT2D eigenvalue weighted by Crippen LogP contribution is 2.23. The van der Waals surface area contributed by atoms with E-state index in [4.69, 9.17) is 5.10 Å². The van der Waals surface area contributed by atoms with Gasteiger partial charge in [0.2, 0.25) is 4.80 Å². The highest BCUT2D eigenvalue weighted by atomic mass is 32.1. The Bertz CT molecular complexity index is 1200. The average Bonchev–Trinajstić information content (AvgIpc) is 3.10. The van der Waals surface area contributed by atoms with Crippen molar-refractivity contribution in [2.45, 2.75) is 27.7 Å². The molecular weight excluding hydrogens is 396 g/mol. The second kappa shape index (κ2) is 9.00. The lowest BCUT2D eigenvalue weighted by Crippen LogP contribution is -2.15. The first-order chi connectivity index (χ1) is 14.3. The molecule has 0 unspecified atom stereocenters. The molecule has 3 aromatic rings. The third-order valence-corrected chi connectivity index (χ3v) is 5.57. The molecule has 0 aliphatic heterocycles. The molecule has 154 valence electrons. The van der Waals surface area contributed by atoms with Gasteiger partial charge < -0.3 is 0 Å². The van der Waals surface area contributed by atoms with Gasteiger partial charge in [-0.2, -0.15) is 5.10 Å². The Hall–Kier alpha value is -3.32. The van der Waals surface area contributed by atoms with Gasteiger partial charge in [-0.1, -0.05) is 24.3 Å². The maximum Gasteiger partial charge on any atom is 0.269 e. The minimum Gasteiger partial charge on any atom is -0.258 e. The summed E-state index contributed by atoms with van der Waals surface area (Å²) in [5.74, 6) is 0. The molecule has 30 heavy (non-hydrogen) atoms. The largest absolute Gasteiger partial charge is 0.269 e. The first-order valence-electron chi connectivity index (χ1n) is 9.49. The molecule has 0 spiro atoms. The first-order valence-corrected chi connectivity index (χ1v) is 10.4. The van der Waals surface area contributed by atoms with Gasteiger partial charge in [-0.3, -0.25) is 15.1 Å². The van der Waals surface area contributed by atoms with Gasteiger partial charge in [0.05, 0.1) is 22.9 Å². The van der Waals surface area contributed by atoms with Crippen LogP contribution in [0.25, 0.3) is 11.3 Å². The molecule has 0 amide bonds. The van der Waals surface area contributed by atoms with Crippen LogP contribution in [0.15, 0.2) is 70.1 Å². The van der Waals surface area contributed by atoms with E-state index in [0.717, 1.165) is 32.9 Å². The fourth-order valence-corrected chi connectivity index (χ4v) is 3.66. The number of rotatable bonds is 6. The Morgan fingerprint density at radius 1 is 1.13 bits per heavy atom. The predicted octanol–water partition coefficient (Wildman–Crippen LogP) is 5.49. The Kier molecular flexibility index (Phi) is 6.42. The van der Waals surface area contributed by atoms with Gasteiger partial charge in [-0.25, -0.2) is 4.68 Å². The van der Waals surface area contributed by atoms with Crippen LogP contribution in [-0.4, -0.2) is 21.9 Å². The fraction of sp³-hybridized carbons (Fsp3) is 0.217. The highest BCUT2D eigenvalue weighted by Gasteiger charge is 2.11. The molecule has 1 heterocycles. The van der Waals surface area contributed by atoms with Crippen LogP contribution in [0.1, 0.15) is 30.5 Å². The van der Waals surface area contributed by atoms with E-state index in [-0.39, 0.29) is 5.69 Å². The van der Waals surface area contributed by atoms with Crippen LogP contribution in [-0.2, 0) is 0 Å². The van der Waals surface area contributed by atoms with Crippen molar-refractivity contribution in [1.29, 1.82) is 0 Å². The minimum absolute atomic E-state index is 0.0579. The van der Waals surface area contributed by atoms with Crippen LogP contribution in [0.5, 0.6) is 0 Å². The Balaban J connectivity index is 2.13. The van der Waals surface area contributed by atoms with Gasteiger partial charge in [-0.05, 0) is 62.6 Å². The number of thiazole rings is 1. The summed E-state index contributed by atoms with van der Waals surface area (Å²) in [4.78, 5) is 16.0. The zero-order valence-corrected chi connectivity index (χ0v) is 18.4. The normalized spacial score (nSPS) is 12.3. The van der Waals surface area contributed by atoms with Crippen molar-refractivity contribution < 1.29 is 4.92 Å². The van der Waals surface area contributed by atoms with Gasteiger partial charge in [-0.15, -0.1) is 11.3 Å². The maximum atomic E-state index is 11.0. The third-order valence-electron chi connectivity index (χ3n) is 4.72. The van der Waals surface area contributed by atoms with Crippen LogP contribution >= 0.6 is 11.3 Å². The van der Waals surface area contributed by atoms with Gasteiger partial charge in [0.25, 0.3) is 5.69 Å². The van der Waals surface area contributed by atoms with Crippen LogP contribution in [0.3, 0.4) is 0 Å². The molecule has 3 rings (SSSR count). The van der Waals surface area contributed by atoms with Gasteiger partial charge in [0.15, 0.2) is 0 Å². The number of aryl methyl sites for hydroxylation is 2. The second-order valence-corrected chi connectivity index (χ2v) is 8.11. The van der Waals surface area contributed by atoms with Crippen molar-refractivity contribution in [3.8, 4) is 11.3 Å². The smallest absolute Gasteiger partial charge is 0.258 e. The zero-order chi connectivity index (χ0) is 21.8. The number of non-ortho nitro benzene ring substituents is 1.